The first kappa shape index (κ1) is 20.1. The molecule has 0 N–H and O–H groups in total. The number of thioether (sulfide) groups is 1. The first-order valence-electron chi connectivity index (χ1n) is 8.32. The van der Waals surface area contributed by atoms with Crippen LogP contribution in [0, 0.1) is 5.82 Å². The minimum atomic E-state index is -0.304. The molecule has 1 heterocycles. The molecule has 0 aliphatic rings. The van der Waals surface area contributed by atoms with Crippen LogP contribution in [-0.2, 0) is 4.79 Å². The number of halogens is 2. The van der Waals surface area contributed by atoms with E-state index in [1.807, 2.05) is 31.1 Å². The molecule has 1 amide bonds. The van der Waals surface area contributed by atoms with Crippen molar-refractivity contribution in [2.24, 2.45) is 0 Å². The van der Waals surface area contributed by atoms with Gasteiger partial charge in [0.25, 0.3) is 0 Å². The van der Waals surface area contributed by atoms with Crippen molar-refractivity contribution >= 4 is 56.0 Å². The summed E-state index contributed by atoms with van der Waals surface area (Å²) < 4.78 is 14.2. The zero-order valence-corrected chi connectivity index (χ0v) is 17.4. The van der Waals surface area contributed by atoms with E-state index < -0.39 is 0 Å². The fourth-order valence-electron chi connectivity index (χ4n) is 2.38. The predicted octanol–water partition coefficient (Wildman–Crippen LogP) is 4.78. The second-order valence-electron chi connectivity index (χ2n) is 6.20. The van der Waals surface area contributed by atoms with Crippen molar-refractivity contribution in [3.8, 4) is 0 Å². The summed E-state index contributed by atoms with van der Waals surface area (Å²) in [5.41, 5.74) is 0.699. The number of hydrogen-bond acceptors (Lipinski definition) is 5. The third-order valence-electron chi connectivity index (χ3n) is 3.82. The molecule has 8 heteroatoms. The summed E-state index contributed by atoms with van der Waals surface area (Å²) in [5.74, 6) is -0.0437. The minimum Gasteiger partial charge on any atom is -0.308 e. The van der Waals surface area contributed by atoms with Gasteiger partial charge in [0.2, 0.25) is 5.91 Å². The fraction of sp³-hybridized carbons (Fsp3) is 0.263. The molecule has 1 aromatic heterocycles. The van der Waals surface area contributed by atoms with Gasteiger partial charge < -0.3 is 4.90 Å². The Bertz CT molecular complexity index is 930. The van der Waals surface area contributed by atoms with E-state index >= 15 is 0 Å². The molecule has 0 unspecified atom stereocenters. The van der Waals surface area contributed by atoms with Crippen molar-refractivity contribution in [2.75, 3.05) is 37.8 Å². The van der Waals surface area contributed by atoms with Gasteiger partial charge in [0.1, 0.15) is 5.82 Å². The van der Waals surface area contributed by atoms with Crippen molar-refractivity contribution in [2.45, 2.75) is 4.90 Å². The predicted molar refractivity (Wildman–Crippen MR) is 113 cm³/mol. The zero-order chi connectivity index (χ0) is 19.4. The molecule has 0 bridgehead atoms. The second-order valence-corrected chi connectivity index (χ2v) is 8.69. The molecule has 0 aliphatic carbocycles. The molecule has 0 radical (unpaired) electrons. The van der Waals surface area contributed by atoms with Gasteiger partial charge in [-0.2, -0.15) is 0 Å². The fourth-order valence-corrected chi connectivity index (χ4v) is 4.32. The van der Waals surface area contributed by atoms with Crippen molar-refractivity contribution < 1.29 is 9.18 Å². The van der Waals surface area contributed by atoms with E-state index in [4.69, 9.17) is 11.6 Å². The van der Waals surface area contributed by atoms with Gasteiger partial charge in [-0.25, -0.2) is 9.37 Å². The summed E-state index contributed by atoms with van der Waals surface area (Å²) in [7, 11) is 3.91. The lowest BCUT2D eigenvalue weighted by Crippen LogP contribution is -2.37. The van der Waals surface area contributed by atoms with Crippen LogP contribution < -0.4 is 4.90 Å². The highest BCUT2D eigenvalue weighted by Crippen LogP contribution is 2.30. The van der Waals surface area contributed by atoms with Gasteiger partial charge in [-0.15, -0.1) is 11.8 Å². The van der Waals surface area contributed by atoms with E-state index in [0.29, 0.717) is 34.5 Å². The third kappa shape index (κ3) is 5.42. The van der Waals surface area contributed by atoms with Crippen LogP contribution in [0.4, 0.5) is 9.52 Å². The number of amides is 1. The standard InChI is InChI=1S/C19H19ClFN3OS2/c1-23(2)9-10-24(18(25)12-26-15-6-3-13(20)4-7-15)19-22-16-8-5-14(21)11-17(16)27-19/h3-8,11H,9-10,12H2,1-2H3. The molecule has 3 rings (SSSR count). The number of carbonyl (C=O) groups excluding carboxylic acids is 1. The average molecular weight is 424 g/mol. The van der Waals surface area contributed by atoms with Crippen LogP contribution in [-0.4, -0.2) is 48.7 Å². The Morgan fingerprint density at radius 1 is 1.19 bits per heavy atom. The van der Waals surface area contributed by atoms with Crippen LogP contribution in [0.5, 0.6) is 0 Å². The molecule has 0 aliphatic heterocycles. The normalized spacial score (nSPS) is 11.3. The summed E-state index contributed by atoms with van der Waals surface area (Å²) in [4.78, 5) is 22.1. The van der Waals surface area contributed by atoms with E-state index in [-0.39, 0.29) is 11.7 Å². The Labute approximate surface area is 170 Å². The van der Waals surface area contributed by atoms with Crippen molar-refractivity contribution in [3.63, 3.8) is 0 Å². The molecular formula is C19H19ClFN3OS2. The summed E-state index contributed by atoms with van der Waals surface area (Å²) in [6, 6.07) is 11.9. The van der Waals surface area contributed by atoms with Crippen molar-refractivity contribution in [1.29, 1.82) is 0 Å². The second kappa shape index (κ2) is 9.01. The topological polar surface area (TPSA) is 36.4 Å². The monoisotopic (exact) mass is 423 g/mol. The number of carbonyl (C=O) groups is 1. The number of anilines is 1. The number of hydrogen-bond donors (Lipinski definition) is 0. The van der Waals surface area contributed by atoms with Crippen LogP contribution in [0.15, 0.2) is 47.4 Å². The molecule has 2 aromatic carbocycles. The number of likely N-dealkylation sites (N-methyl/N-ethyl adjacent to an activating group) is 1. The van der Waals surface area contributed by atoms with Gasteiger partial charge in [-0.05, 0) is 56.6 Å². The lowest BCUT2D eigenvalue weighted by Gasteiger charge is -2.21. The van der Waals surface area contributed by atoms with E-state index in [1.165, 1.54) is 35.2 Å². The quantitative estimate of drug-likeness (QED) is 0.512. The number of benzene rings is 2. The Kier molecular flexibility index (Phi) is 6.70. The first-order valence-corrected chi connectivity index (χ1v) is 10.5. The van der Waals surface area contributed by atoms with Gasteiger partial charge in [0.05, 0.1) is 16.0 Å². The van der Waals surface area contributed by atoms with Crippen LogP contribution in [0.2, 0.25) is 5.02 Å². The molecule has 0 spiro atoms. The first-order chi connectivity index (χ1) is 12.9. The Morgan fingerprint density at radius 2 is 1.93 bits per heavy atom. The Hall–Kier alpha value is -1.67. The molecule has 0 fully saturated rings. The molecule has 27 heavy (non-hydrogen) atoms. The Balaban J connectivity index is 1.78. The summed E-state index contributed by atoms with van der Waals surface area (Å²) >= 11 is 8.69. The third-order valence-corrected chi connectivity index (χ3v) is 6.11. The van der Waals surface area contributed by atoms with E-state index in [0.717, 1.165) is 9.60 Å². The smallest absolute Gasteiger partial charge is 0.239 e. The molecule has 0 saturated heterocycles. The number of thiazole rings is 1. The molecule has 3 aromatic rings. The molecule has 4 nitrogen and oxygen atoms in total. The highest BCUT2D eigenvalue weighted by atomic mass is 35.5. The SMILES string of the molecule is CN(C)CCN(C(=O)CSc1ccc(Cl)cc1)c1nc2ccc(F)cc2s1. The molecule has 142 valence electrons. The number of fused-ring (bicyclic) bond motifs is 1. The van der Waals surface area contributed by atoms with Gasteiger partial charge >= 0.3 is 0 Å². The molecular weight excluding hydrogens is 405 g/mol. The van der Waals surface area contributed by atoms with Crippen LogP contribution in [0.1, 0.15) is 0 Å². The van der Waals surface area contributed by atoms with Crippen molar-refractivity contribution in [1.82, 2.24) is 9.88 Å². The lowest BCUT2D eigenvalue weighted by molar-refractivity contribution is -0.116. The maximum atomic E-state index is 13.5. The van der Waals surface area contributed by atoms with Crippen molar-refractivity contribution in [3.05, 3.63) is 53.3 Å². The largest absolute Gasteiger partial charge is 0.308 e. The zero-order valence-electron chi connectivity index (χ0n) is 15.0. The maximum absolute atomic E-state index is 13.5. The molecule has 0 atom stereocenters. The van der Waals surface area contributed by atoms with Crippen LogP contribution in [0.25, 0.3) is 10.2 Å². The number of rotatable bonds is 7. The van der Waals surface area contributed by atoms with E-state index in [2.05, 4.69) is 4.98 Å². The van der Waals surface area contributed by atoms with Crippen LogP contribution >= 0.6 is 34.7 Å². The minimum absolute atomic E-state index is 0.0312. The highest BCUT2D eigenvalue weighted by molar-refractivity contribution is 8.00. The maximum Gasteiger partial charge on any atom is 0.239 e. The van der Waals surface area contributed by atoms with Crippen LogP contribution in [0.3, 0.4) is 0 Å². The summed E-state index contributed by atoms with van der Waals surface area (Å²) in [5, 5.41) is 1.26. The Morgan fingerprint density at radius 3 is 2.63 bits per heavy atom. The number of nitrogens with zero attached hydrogens (tertiary/aromatic N) is 3. The van der Waals surface area contributed by atoms with Gasteiger partial charge in [-0.3, -0.25) is 9.69 Å². The summed E-state index contributed by atoms with van der Waals surface area (Å²) in [6.45, 7) is 1.23. The van der Waals surface area contributed by atoms with Gasteiger partial charge in [0, 0.05) is 23.0 Å². The highest BCUT2D eigenvalue weighted by Gasteiger charge is 2.20. The molecule has 0 saturated carbocycles. The van der Waals surface area contributed by atoms with E-state index in [9.17, 15) is 9.18 Å². The summed E-state index contributed by atoms with van der Waals surface area (Å²) in [6.07, 6.45) is 0. The van der Waals surface area contributed by atoms with Gasteiger partial charge in [0.15, 0.2) is 5.13 Å². The van der Waals surface area contributed by atoms with E-state index in [1.54, 1.807) is 23.1 Å². The lowest BCUT2D eigenvalue weighted by atomic mass is 10.3. The average Bonchev–Trinajstić information content (AvgIpc) is 3.03. The number of aromatic nitrogens is 1. The van der Waals surface area contributed by atoms with Gasteiger partial charge in [-0.1, -0.05) is 22.9 Å².